The van der Waals surface area contributed by atoms with Crippen molar-refractivity contribution in [2.75, 3.05) is 38.8 Å². The van der Waals surface area contributed by atoms with Gasteiger partial charge in [0.15, 0.2) is 0 Å². The molecule has 2 aromatic carbocycles. The normalized spacial score (nSPS) is 17.2. The minimum atomic E-state index is -1.02. The molecule has 2 aliphatic heterocycles. The van der Waals surface area contributed by atoms with Crippen LogP contribution in [0, 0.1) is 0 Å². The Kier molecular flexibility index (Phi) is 5.75. The highest BCUT2D eigenvalue weighted by molar-refractivity contribution is 5.96. The summed E-state index contributed by atoms with van der Waals surface area (Å²) in [5, 5.41) is 11.2. The van der Waals surface area contributed by atoms with Crippen LogP contribution in [0.5, 0.6) is 5.75 Å². The van der Waals surface area contributed by atoms with Crippen molar-refractivity contribution >= 4 is 11.8 Å². The molecule has 1 saturated heterocycles. The molecule has 0 spiro atoms. The number of aliphatic hydroxyl groups is 1. The Morgan fingerprint density at radius 3 is 2.56 bits per heavy atom. The molecule has 2 amide bonds. The zero-order valence-electron chi connectivity index (χ0n) is 19.1. The molecule has 0 saturated carbocycles. The summed E-state index contributed by atoms with van der Waals surface area (Å²) in [5.41, 5.74) is 5.21. The number of rotatable bonds is 5. The van der Waals surface area contributed by atoms with Crippen molar-refractivity contribution < 1.29 is 19.4 Å². The number of methoxy groups -OCH3 is 1. The first kappa shape index (κ1) is 22.0. The smallest absolute Gasteiger partial charge is 0.273 e. The molecule has 0 bridgehead atoms. The van der Waals surface area contributed by atoms with Crippen LogP contribution in [0.15, 0.2) is 66.9 Å². The van der Waals surface area contributed by atoms with E-state index in [1.165, 1.54) is 0 Å². The van der Waals surface area contributed by atoms with E-state index in [1.54, 1.807) is 33.8 Å². The topological polar surface area (TPSA) is 87.0 Å². The van der Waals surface area contributed by atoms with E-state index in [-0.39, 0.29) is 18.4 Å². The number of nitrogens with one attached hydrogen (secondary N) is 1. The van der Waals surface area contributed by atoms with Gasteiger partial charge in [0, 0.05) is 24.8 Å². The maximum absolute atomic E-state index is 13.2. The first-order valence-corrected chi connectivity index (χ1v) is 11.4. The van der Waals surface area contributed by atoms with Gasteiger partial charge in [0.25, 0.3) is 11.8 Å². The van der Waals surface area contributed by atoms with Gasteiger partial charge in [-0.15, -0.1) is 0 Å². The van der Waals surface area contributed by atoms with Crippen molar-refractivity contribution in [1.29, 1.82) is 0 Å². The van der Waals surface area contributed by atoms with Gasteiger partial charge < -0.3 is 25.1 Å². The lowest BCUT2D eigenvalue weighted by Crippen LogP contribution is -2.56. The van der Waals surface area contributed by atoms with Gasteiger partial charge in [0.2, 0.25) is 0 Å². The van der Waals surface area contributed by atoms with E-state index >= 15 is 0 Å². The number of carbonyl (C=O) groups is 2. The number of nitrogens with zero attached hydrogens (tertiary/aromatic N) is 3. The third kappa shape index (κ3) is 4.24. The SMILES string of the molecule is COc1cccc(-c2cccc(C(=O)N3CCC(O)(CN4CNn5cccc5C4=O)CC3)c2)c1. The number of β-amino-alcohol motifs (C(OH)–C–C–N with tert-alkyl or cyclic N) is 1. The summed E-state index contributed by atoms with van der Waals surface area (Å²) in [6.07, 6.45) is 2.63. The summed E-state index contributed by atoms with van der Waals surface area (Å²) in [4.78, 5) is 29.3. The zero-order chi connectivity index (χ0) is 23.7. The van der Waals surface area contributed by atoms with Crippen molar-refractivity contribution in [1.82, 2.24) is 14.5 Å². The predicted molar refractivity (Wildman–Crippen MR) is 128 cm³/mol. The number of ether oxygens (including phenoxy) is 1. The zero-order valence-corrected chi connectivity index (χ0v) is 19.1. The van der Waals surface area contributed by atoms with Crippen LogP contribution in [0.4, 0.5) is 0 Å². The quantitative estimate of drug-likeness (QED) is 0.612. The Hall–Kier alpha value is -3.78. The van der Waals surface area contributed by atoms with Gasteiger partial charge in [-0.1, -0.05) is 24.3 Å². The molecule has 2 aliphatic rings. The van der Waals surface area contributed by atoms with E-state index in [9.17, 15) is 14.7 Å². The number of amides is 2. The maximum atomic E-state index is 13.2. The molecule has 0 radical (unpaired) electrons. The van der Waals surface area contributed by atoms with Crippen molar-refractivity contribution in [2.45, 2.75) is 18.4 Å². The van der Waals surface area contributed by atoms with Gasteiger partial charge in [0.05, 0.1) is 19.3 Å². The number of carbonyl (C=O) groups excluding carboxylic acids is 2. The second kappa shape index (κ2) is 8.87. The van der Waals surface area contributed by atoms with Crippen molar-refractivity contribution in [3.8, 4) is 16.9 Å². The summed E-state index contributed by atoms with van der Waals surface area (Å²) < 4.78 is 7.01. The van der Waals surface area contributed by atoms with Gasteiger partial charge in [-0.25, -0.2) is 0 Å². The molecule has 1 aromatic heterocycles. The molecule has 34 heavy (non-hydrogen) atoms. The summed E-state index contributed by atoms with van der Waals surface area (Å²) in [6.45, 7) is 1.44. The number of hydrogen-bond donors (Lipinski definition) is 2. The molecule has 3 aromatic rings. The third-order valence-corrected chi connectivity index (χ3v) is 6.67. The summed E-state index contributed by atoms with van der Waals surface area (Å²) >= 11 is 0. The van der Waals surface area contributed by atoms with E-state index < -0.39 is 5.60 Å². The van der Waals surface area contributed by atoms with Crippen LogP contribution in [0.25, 0.3) is 11.1 Å². The average Bonchev–Trinajstić information content (AvgIpc) is 3.36. The monoisotopic (exact) mass is 460 g/mol. The van der Waals surface area contributed by atoms with Crippen LogP contribution in [0.2, 0.25) is 0 Å². The minimum Gasteiger partial charge on any atom is -0.497 e. The van der Waals surface area contributed by atoms with E-state index in [1.807, 2.05) is 54.6 Å². The maximum Gasteiger partial charge on any atom is 0.273 e. The number of benzene rings is 2. The van der Waals surface area contributed by atoms with Crippen LogP contribution in [0.1, 0.15) is 33.7 Å². The van der Waals surface area contributed by atoms with Crippen LogP contribution in [0.3, 0.4) is 0 Å². The number of likely N-dealkylation sites (tertiary alicyclic amines) is 1. The van der Waals surface area contributed by atoms with Crippen molar-refractivity contribution in [3.63, 3.8) is 0 Å². The highest BCUT2D eigenvalue weighted by Crippen LogP contribution is 2.28. The second-order valence-corrected chi connectivity index (χ2v) is 8.91. The molecule has 8 heteroatoms. The fourth-order valence-corrected chi connectivity index (χ4v) is 4.67. The van der Waals surface area contributed by atoms with Gasteiger partial charge in [-0.2, -0.15) is 0 Å². The summed E-state index contributed by atoms with van der Waals surface area (Å²) in [6, 6.07) is 18.9. The highest BCUT2D eigenvalue weighted by Gasteiger charge is 2.38. The van der Waals surface area contributed by atoms with E-state index in [0.29, 0.717) is 43.9 Å². The lowest BCUT2D eigenvalue weighted by molar-refractivity contribution is -0.0369. The molecule has 5 rings (SSSR count). The predicted octanol–water partition coefficient (Wildman–Crippen LogP) is 2.79. The first-order chi connectivity index (χ1) is 16.5. The Bertz CT molecular complexity index is 1210. The molecule has 3 heterocycles. The van der Waals surface area contributed by atoms with Crippen LogP contribution in [-0.4, -0.2) is 70.4 Å². The Balaban J connectivity index is 1.23. The number of hydrogen-bond acceptors (Lipinski definition) is 5. The number of aromatic nitrogens is 1. The van der Waals surface area contributed by atoms with Gasteiger partial charge in [-0.3, -0.25) is 14.3 Å². The van der Waals surface area contributed by atoms with E-state index in [0.717, 1.165) is 16.9 Å². The van der Waals surface area contributed by atoms with E-state index in [2.05, 4.69) is 5.43 Å². The van der Waals surface area contributed by atoms with Crippen LogP contribution >= 0.6 is 0 Å². The van der Waals surface area contributed by atoms with Crippen molar-refractivity contribution in [2.24, 2.45) is 0 Å². The summed E-state index contributed by atoms with van der Waals surface area (Å²) in [7, 11) is 1.63. The molecular formula is C26H28N4O4. The highest BCUT2D eigenvalue weighted by atomic mass is 16.5. The molecule has 0 atom stereocenters. The fraction of sp³-hybridized carbons (Fsp3) is 0.308. The Morgan fingerprint density at radius 1 is 1.06 bits per heavy atom. The average molecular weight is 461 g/mol. The molecule has 1 fully saturated rings. The van der Waals surface area contributed by atoms with Gasteiger partial charge in [-0.05, 0) is 60.4 Å². The van der Waals surface area contributed by atoms with Crippen LogP contribution < -0.4 is 10.2 Å². The largest absolute Gasteiger partial charge is 0.497 e. The fourth-order valence-electron chi connectivity index (χ4n) is 4.67. The van der Waals surface area contributed by atoms with Crippen LogP contribution in [-0.2, 0) is 0 Å². The lowest BCUT2D eigenvalue weighted by atomic mass is 9.90. The standard InChI is InChI=1S/C26H28N4O4/c1-34-22-8-3-6-20(16-22)19-5-2-7-21(15-19)24(31)28-13-10-26(33,11-14-28)17-29-18-27-30-12-4-9-23(30)25(29)32/h2-9,12,15-16,27,33H,10-11,13-14,17-18H2,1H3. The molecule has 176 valence electrons. The van der Waals surface area contributed by atoms with E-state index in [4.69, 9.17) is 4.74 Å². The number of piperidine rings is 1. The molecule has 2 N–H and O–H groups in total. The summed E-state index contributed by atoms with van der Waals surface area (Å²) in [5.74, 6) is 0.602. The molecule has 0 aliphatic carbocycles. The Morgan fingerprint density at radius 2 is 1.79 bits per heavy atom. The Labute approximate surface area is 198 Å². The second-order valence-electron chi connectivity index (χ2n) is 8.91. The lowest BCUT2D eigenvalue weighted by Gasteiger charge is -2.42. The van der Waals surface area contributed by atoms with Crippen molar-refractivity contribution in [3.05, 3.63) is 78.1 Å². The van der Waals surface area contributed by atoms with Gasteiger partial charge >= 0.3 is 0 Å². The molecular weight excluding hydrogens is 432 g/mol. The minimum absolute atomic E-state index is 0.0552. The molecule has 0 unspecified atom stereocenters. The number of fused-ring (bicyclic) bond motifs is 1. The van der Waals surface area contributed by atoms with Gasteiger partial charge in [0.1, 0.15) is 18.1 Å². The molecule has 8 nitrogen and oxygen atoms in total. The third-order valence-electron chi connectivity index (χ3n) is 6.67. The first-order valence-electron chi connectivity index (χ1n) is 11.4.